The van der Waals surface area contributed by atoms with E-state index in [4.69, 9.17) is 9.47 Å². The molecule has 0 aliphatic carbocycles. The Bertz CT molecular complexity index is 812. The molecule has 0 saturated carbocycles. The van der Waals surface area contributed by atoms with Gasteiger partial charge in [-0.25, -0.2) is 9.18 Å². The number of benzene rings is 1. The van der Waals surface area contributed by atoms with Gasteiger partial charge in [0, 0.05) is 35.8 Å². The number of rotatable bonds is 5. The molecule has 0 atom stereocenters. The van der Waals surface area contributed by atoms with Crippen LogP contribution in [0.2, 0.25) is 0 Å². The summed E-state index contributed by atoms with van der Waals surface area (Å²) in [4.78, 5) is 27.0. The number of hydrogen-bond acceptors (Lipinski definition) is 5. The molecule has 27 heavy (non-hydrogen) atoms. The lowest BCUT2D eigenvalue weighted by Crippen LogP contribution is -2.36. The minimum atomic E-state index is -0.608. The minimum absolute atomic E-state index is 0.103. The standard InChI is InChI=1S/C20H24FNO4S/c1-25-12-14-18-15(21)8-7-9-16(18)27-19(14)20(24)26-13-17(23)22-10-5-3-2-4-6-11-22/h7-9H,2-6,10-13H2,1H3. The molecule has 1 aromatic heterocycles. The van der Waals surface area contributed by atoms with E-state index in [2.05, 4.69) is 0 Å². The Morgan fingerprint density at radius 3 is 2.56 bits per heavy atom. The fraction of sp³-hybridized carbons (Fsp3) is 0.500. The summed E-state index contributed by atoms with van der Waals surface area (Å²) in [6.07, 6.45) is 5.41. The molecule has 0 radical (unpaired) electrons. The predicted octanol–water partition coefficient (Wildman–Crippen LogP) is 4.14. The van der Waals surface area contributed by atoms with Crippen LogP contribution in [0.1, 0.15) is 47.3 Å². The third-order valence-corrected chi connectivity index (χ3v) is 5.95. The van der Waals surface area contributed by atoms with Gasteiger partial charge in [0.2, 0.25) is 0 Å². The lowest BCUT2D eigenvalue weighted by atomic mass is 10.1. The number of carbonyl (C=O) groups excluding carboxylic acids is 2. The molecule has 1 aromatic carbocycles. The average Bonchev–Trinajstić information content (AvgIpc) is 2.99. The lowest BCUT2D eigenvalue weighted by molar-refractivity contribution is -0.134. The van der Waals surface area contributed by atoms with Crippen molar-refractivity contribution in [1.82, 2.24) is 4.90 Å². The van der Waals surface area contributed by atoms with Gasteiger partial charge in [-0.3, -0.25) is 4.79 Å². The zero-order chi connectivity index (χ0) is 19.2. The van der Waals surface area contributed by atoms with Gasteiger partial charge in [0.05, 0.1) is 6.61 Å². The zero-order valence-electron chi connectivity index (χ0n) is 15.5. The second-order valence-corrected chi connectivity index (χ2v) is 7.73. The van der Waals surface area contributed by atoms with Gasteiger partial charge >= 0.3 is 5.97 Å². The van der Waals surface area contributed by atoms with Crippen molar-refractivity contribution in [2.45, 2.75) is 38.7 Å². The molecule has 5 nitrogen and oxygen atoms in total. The second kappa shape index (κ2) is 9.28. The largest absolute Gasteiger partial charge is 0.451 e. The van der Waals surface area contributed by atoms with Crippen molar-refractivity contribution in [3.8, 4) is 0 Å². The van der Waals surface area contributed by atoms with Crippen LogP contribution in [-0.2, 0) is 20.9 Å². The molecule has 2 heterocycles. The zero-order valence-corrected chi connectivity index (χ0v) is 16.3. The van der Waals surface area contributed by atoms with Crippen molar-refractivity contribution in [3.63, 3.8) is 0 Å². The highest BCUT2D eigenvalue weighted by Gasteiger charge is 2.23. The average molecular weight is 393 g/mol. The van der Waals surface area contributed by atoms with Gasteiger partial charge in [0.25, 0.3) is 5.91 Å². The molecule has 0 unspecified atom stereocenters. The van der Waals surface area contributed by atoms with E-state index in [0.29, 0.717) is 28.7 Å². The number of thiophene rings is 1. The first-order chi connectivity index (χ1) is 13.1. The molecule has 7 heteroatoms. The van der Waals surface area contributed by atoms with E-state index < -0.39 is 11.8 Å². The number of halogens is 1. The third-order valence-electron chi connectivity index (χ3n) is 4.77. The van der Waals surface area contributed by atoms with E-state index >= 15 is 0 Å². The number of hydrogen-bond donors (Lipinski definition) is 0. The van der Waals surface area contributed by atoms with E-state index in [-0.39, 0.29) is 24.0 Å². The van der Waals surface area contributed by atoms with Crippen molar-refractivity contribution in [2.24, 2.45) is 0 Å². The van der Waals surface area contributed by atoms with Crippen molar-refractivity contribution in [2.75, 3.05) is 26.8 Å². The van der Waals surface area contributed by atoms with E-state index in [1.165, 1.54) is 19.6 Å². The van der Waals surface area contributed by atoms with Gasteiger partial charge in [-0.2, -0.15) is 0 Å². The van der Waals surface area contributed by atoms with Gasteiger partial charge < -0.3 is 14.4 Å². The van der Waals surface area contributed by atoms with E-state index in [1.807, 2.05) is 0 Å². The van der Waals surface area contributed by atoms with Gasteiger partial charge in [-0.1, -0.05) is 25.3 Å². The molecular formula is C20H24FNO4S. The topological polar surface area (TPSA) is 55.8 Å². The maximum atomic E-state index is 14.2. The monoisotopic (exact) mass is 393 g/mol. The first-order valence-corrected chi connectivity index (χ1v) is 10.1. The molecule has 1 aliphatic heterocycles. The fourth-order valence-electron chi connectivity index (χ4n) is 3.40. The number of fused-ring (bicyclic) bond motifs is 1. The van der Waals surface area contributed by atoms with Crippen LogP contribution >= 0.6 is 11.3 Å². The van der Waals surface area contributed by atoms with Crippen LogP contribution in [0.25, 0.3) is 10.1 Å². The van der Waals surface area contributed by atoms with Crippen LogP contribution in [0.4, 0.5) is 4.39 Å². The SMILES string of the molecule is COCc1c(C(=O)OCC(=O)N2CCCCCCC2)sc2cccc(F)c12. The summed E-state index contributed by atoms with van der Waals surface area (Å²) in [6, 6.07) is 4.71. The van der Waals surface area contributed by atoms with Crippen LogP contribution in [0, 0.1) is 5.82 Å². The Balaban J connectivity index is 1.71. The van der Waals surface area contributed by atoms with Crippen molar-refractivity contribution in [3.05, 3.63) is 34.5 Å². The van der Waals surface area contributed by atoms with E-state index in [9.17, 15) is 14.0 Å². The molecule has 1 fully saturated rings. The lowest BCUT2D eigenvalue weighted by Gasteiger charge is -2.24. The highest BCUT2D eigenvalue weighted by molar-refractivity contribution is 7.21. The minimum Gasteiger partial charge on any atom is -0.451 e. The Morgan fingerprint density at radius 2 is 1.85 bits per heavy atom. The summed E-state index contributed by atoms with van der Waals surface area (Å²) in [5.74, 6) is -1.18. The van der Waals surface area contributed by atoms with Crippen LogP contribution in [0.15, 0.2) is 18.2 Å². The molecule has 2 aromatic rings. The Kier molecular flexibility index (Phi) is 6.79. The van der Waals surface area contributed by atoms with Gasteiger partial charge in [0.15, 0.2) is 6.61 Å². The number of carbonyl (C=O) groups is 2. The molecule has 1 saturated heterocycles. The summed E-state index contributed by atoms with van der Waals surface area (Å²) in [6.45, 7) is 1.23. The molecule has 3 rings (SSSR count). The molecular weight excluding hydrogens is 369 g/mol. The number of esters is 1. The number of likely N-dealkylation sites (tertiary alicyclic amines) is 1. The fourth-order valence-corrected chi connectivity index (χ4v) is 4.51. The quantitative estimate of drug-likeness (QED) is 0.717. The number of amides is 1. The van der Waals surface area contributed by atoms with E-state index in [0.717, 1.165) is 37.0 Å². The highest BCUT2D eigenvalue weighted by atomic mass is 32.1. The predicted molar refractivity (Wildman–Crippen MR) is 102 cm³/mol. The van der Waals surface area contributed by atoms with E-state index in [1.54, 1.807) is 17.0 Å². The summed E-state index contributed by atoms with van der Waals surface area (Å²) in [5, 5.41) is 0.381. The van der Waals surface area contributed by atoms with Crippen molar-refractivity contribution in [1.29, 1.82) is 0 Å². The van der Waals surface area contributed by atoms with Crippen molar-refractivity contribution >= 4 is 33.3 Å². The van der Waals surface area contributed by atoms with Gasteiger partial charge in [-0.15, -0.1) is 11.3 Å². The Morgan fingerprint density at radius 1 is 1.15 bits per heavy atom. The smallest absolute Gasteiger partial charge is 0.349 e. The number of ether oxygens (including phenoxy) is 2. The normalized spacial score (nSPS) is 15.4. The summed E-state index contributed by atoms with van der Waals surface area (Å²) >= 11 is 1.16. The van der Waals surface area contributed by atoms with Gasteiger partial charge in [0.1, 0.15) is 10.7 Å². The maximum Gasteiger partial charge on any atom is 0.349 e. The third kappa shape index (κ3) is 4.65. The number of methoxy groups -OCH3 is 1. The van der Waals surface area contributed by atoms with Crippen molar-refractivity contribution < 1.29 is 23.5 Å². The molecule has 0 spiro atoms. The van der Waals surface area contributed by atoms with Gasteiger partial charge in [-0.05, 0) is 25.0 Å². The summed E-state index contributed by atoms with van der Waals surface area (Å²) in [7, 11) is 1.49. The van der Waals surface area contributed by atoms with Crippen LogP contribution < -0.4 is 0 Å². The first-order valence-electron chi connectivity index (χ1n) is 9.25. The molecule has 0 N–H and O–H groups in total. The Labute approximate surface area is 162 Å². The Hall–Kier alpha value is -1.99. The molecule has 1 amide bonds. The summed E-state index contributed by atoms with van der Waals surface area (Å²) in [5.41, 5.74) is 0.472. The highest BCUT2D eigenvalue weighted by Crippen LogP contribution is 2.34. The number of nitrogens with zero attached hydrogens (tertiary/aromatic N) is 1. The molecule has 146 valence electrons. The molecule has 1 aliphatic rings. The van der Waals surface area contributed by atoms with Crippen LogP contribution in [-0.4, -0.2) is 43.6 Å². The molecule has 0 bridgehead atoms. The first kappa shape index (κ1) is 19.8. The maximum absolute atomic E-state index is 14.2. The van der Waals surface area contributed by atoms with Crippen LogP contribution in [0.3, 0.4) is 0 Å². The summed E-state index contributed by atoms with van der Waals surface area (Å²) < 4.78 is 25.3. The second-order valence-electron chi connectivity index (χ2n) is 6.68. The van der Waals surface area contributed by atoms with Crippen LogP contribution in [0.5, 0.6) is 0 Å².